The lowest BCUT2D eigenvalue weighted by molar-refractivity contribution is 0.0123. The fourth-order valence-corrected chi connectivity index (χ4v) is 4.14. The summed E-state index contributed by atoms with van der Waals surface area (Å²) in [4.78, 5) is 26.4. The molecular weight excluding hydrogens is 366 g/mol. The van der Waals surface area contributed by atoms with E-state index in [0.717, 1.165) is 42.0 Å². The second-order valence-electron chi connectivity index (χ2n) is 8.96. The van der Waals surface area contributed by atoms with Gasteiger partial charge >= 0.3 is 6.09 Å². The summed E-state index contributed by atoms with van der Waals surface area (Å²) in [6.45, 7) is 5.71. The Morgan fingerprint density at radius 1 is 1.17 bits per heavy atom. The number of amides is 1. The first kappa shape index (κ1) is 19.5. The highest BCUT2D eigenvalue weighted by Crippen LogP contribution is 2.47. The van der Waals surface area contributed by atoms with Crippen LogP contribution in [-0.4, -0.2) is 46.7 Å². The van der Waals surface area contributed by atoms with Crippen molar-refractivity contribution >= 4 is 23.5 Å². The number of benzene rings is 1. The van der Waals surface area contributed by atoms with Crippen molar-refractivity contribution in [3.8, 4) is 0 Å². The van der Waals surface area contributed by atoms with Gasteiger partial charge in [0.05, 0.1) is 11.7 Å². The Morgan fingerprint density at radius 3 is 2.55 bits per heavy atom. The van der Waals surface area contributed by atoms with Gasteiger partial charge in [-0.1, -0.05) is 18.2 Å². The Bertz CT molecular complexity index is 907. The Morgan fingerprint density at radius 2 is 1.90 bits per heavy atom. The summed E-state index contributed by atoms with van der Waals surface area (Å²) in [5, 5.41) is 3.46. The summed E-state index contributed by atoms with van der Waals surface area (Å²) < 4.78 is 5.71. The molecule has 1 aromatic heterocycles. The van der Waals surface area contributed by atoms with Gasteiger partial charge in [-0.3, -0.25) is 4.90 Å². The highest BCUT2D eigenvalue weighted by atomic mass is 16.6. The maximum atomic E-state index is 13.0. The summed E-state index contributed by atoms with van der Waals surface area (Å²) in [5.74, 6) is 1.44. The molecule has 2 aromatic rings. The molecule has 0 radical (unpaired) electrons. The van der Waals surface area contributed by atoms with E-state index in [1.165, 1.54) is 0 Å². The van der Waals surface area contributed by atoms with Crippen LogP contribution in [-0.2, 0) is 11.2 Å². The largest absolute Gasteiger partial charge is 0.444 e. The highest BCUT2D eigenvalue weighted by Gasteiger charge is 2.46. The molecule has 2 bridgehead atoms. The summed E-state index contributed by atoms with van der Waals surface area (Å²) in [7, 11) is 3.89. The van der Waals surface area contributed by atoms with Gasteiger partial charge in [-0.05, 0) is 45.7 Å². The van der Waals surface area contributed by atoms with Gasteiger partial charge in [-0.15, -0.1) is 0 Å². The number of nitrogens with one attached hydrogen (secondary N) is 1. The fraction of sp³-hybridized carbons (Fsp3) is 0.500. The topological polar surface area (TPSA) is 70.6 Å². The van der Waals surface area contributed by atoms with Crippen LogP contribution in [0.5, 0.6) is 0 Å². The molecule has 4 rings (SSSR count). The number of carbonyl (C=O) groups is 1. The van der Waals surface area contributed by atoms with E-state index in [0.29, 0.717) is 5.95 Å². The zero-order valence-corrected chi connectivity index (χ0v) is 17.8. The number of ether oxygens (including phenoxy) is 1. The highest BCUT2D eigenvalue weighted by molar-refractivity contribution is 5.72. The third-order valence-corrected chi connectivity index (χ3v) is 5.32. The standard InChI is InChI=1S/C22H29N5O2/c1-22(2,3)29-21(28)27-15-11-12-17(27)18-16(13-15)24-20(26(4)5)25-19(18)23-14-9-7-6-8-10-14/h6-10,15,17H,11-13H2,1-5H3,(H,23,24,25)/t15-,17+/m0/s1. The van der Waals surface area contributed by atoms with E-state index >= 15 is 0 Å². The Labute approximate surface area is 172 Å². The predicted octanol–water partition coefficient (Wildman–Crippen LogP) is 4.28. The van der Waals surface area contributed by atoms with E-state index in [1.807, 2.05) is 75.0 Å². The molecule has 2 atom stereocenters. The number of aromatic nitrogens is 2. The fourth-order valence-electron chi connectivity index (χ4n) is 4.14. The molecule has 154 valence electrons. The number of nitrogens with zero attached hydrogens (tertiary/aromatic N) is 4. The second kappa shape index (κ2) is 7.21. The number of anilines is 3. The normalized spacial score (nSPS) is 20.2. The lowest BCUT2D eigenvalue weighted by Crippen LogP contribution is -2.45. The number of hydrogen-bond donors (Lipinski definition) is 1. The summed E-state index contributed by atoms with van der Waals surface area (Å²) >= 11 is 0. The van der Waals surface area contributed by atoms with Crippen LogP contribution in [0.4, 0.5) is 22.2 Å². The first-order chi connectivity index (χ1) is 13.7. The SMILES string of the molecule is CN(C)c1nc2c(c(Nc3ccccc3)n1)[C@H]1CC[C@@H](C2)N1C(=O)OC(C)(C)C. The molecule has 0 aliphatic carbocycles. The van der Waals surface area contributed by atoms with Crippen LogP contribution >= 0.6 is 0 Å². The molecule has 0 unspecified atom stereocenters. The molecule has 1 aromatic carbocycles. The molecule has 7 nitrogen and oxygen atoms in total. The van der Waals surface area contributed by atoms with Crippen molar-refractivity contribution in [2.24, 2.45) is 0 Å². The quantitative estimate of drug-likeness (QED) is 0.836. The minimum absolute atomic E-state index is 0.0685. The predicted molar refractivity (Wildman–Crippen MR) is 114 cm³/mol. The van der Waals surface area contributed by atoms with Gasteiger partial charge in [-0.25, -0.2) is 9.78 Å². The van der Waals surface area contributed by atoms with Crippen molar-refractivity contribution < 1.29 is 9.53 Å². The Balaban J connectivity index is 1.75. The third-order valence-electron chi connectivity index (χ3n) is 5.32. The average molecular weight is 396 g/mol. The van der Waals surface area contributed by atoms with Crippen molar-refractivity contribution in [1.82, 2.24) is 14.9 Å². The molecule has 1 saturated heterocycles. The molecule has 1 fully saturated rings. The van der Waals surface area contributed by atoms with Crippen LogP contribution in [0.15, 0.2) is 30.3 Å². The Hall–Kier alpha value is -2.83. The third kappa shape index (κ3) is 3.86. The Kier molecular flexibility index (Phi) is 4.84. The molecule has 1 amide bonds. The second-order valence-corrected chi connectivity index (χ2v) is 8.96. The van der Waals surface area contributed by atoms with Gasteiger partial charge in [0.2, 0.25) is 5.95 Å². The van der Waals surface area contributed by atoms with Crippen molar-refractivity contribution in [1.29, 1.82) is 0 Å². The van der Waals surface area contributed by atoms with E-state index in [9.17, 15) is 4.79 Å². The average Bonchev–Trinajstić information content (AvgIpc) is 2.95. The maximum absolute atomic E-state index is 13.0. The van der Waals surface area contributed by atoms with Crippen molar-refractivity contribution in [3.63, 3.8) is 0 Å². The zero-order chi connectivity index (χ0) is 20.8. The molecule has 0 saturated carbocycles. The van der Waals surface area contributed by atoms with E-state index in [4.69, 9.17) is 14.7 Å². The number of para-hydroxylation sites is 1. The molecule has 2 aliphatic heterocycles. The van der Waals surface area contributed by atoms with Crippen LogP contribution in [0.3, 0.4) is 0 Å². The van der Waals surface area contributed by atoms with E-state index < -0.39 is 5.60 Å². The van der Waals surface area contributed by atoms with E-state index in [2.05, 4.69) is 5.32 Å². The number of carbonyl (C=O) groups excluding carboxylic acids is 1. The minimum atomic E-state index is -0.521. The number of hydrogen-bond acceptors (Lipinski definition) is 6. The van der Waals surface area contributed by atoms with Crippen molar-refractivity contribution in [2.45, 2.75) is 57.7 Å². The zero-order valence-electron chi connectivity index (χ0n) is 17.8. The monoisotopic (exact) mass is 395 g/mol. The van der Waals surface area contributed by atoms with Crippen LogP contribution in [0.1, 0.15) is 50.9 Å². The molecule has 7 heteroatoms. The van der Waals surface area contributed by atoms with Crippen LogP contribution in [0.25, 0.3) is 0 Å². The van der Waals surface area contributed by atoms with Gasteiger partial charge in [0.15, 0.2) is 0 Å². The van der Waals surface area contributed by atoms with Crippen LogP contribution in [0.2, 0.25) is 0 Å². The number of fused-ring (bicyclic) bond motifs is 4. The van der Waals surface area contributed by atoms with Gasteiger partial charge < -0.3 is 15.0 Å². The molecule has 1 N–H and O–H groups in total. The van der Waals surface area contributed by atoms with Gasteiger partial charge in [-0.2, -0.15) is 4.98 Å². The maximum Gasteiger partial charge on any atom is 0.411 e. The minimum Gasteiger partial charge on any atom is -0.444 e. The van der Waals surface area contributed by atoms with E-state index in [-0.39, 0.29) is 18.2 Å². The number of rotatable bonds is 3. The first-order valence-corrected chi connectivity index (χ1v) is 10.1. The molecule has 0 spiro atoms. The first-order valence-electron chi connectivity index (χ1n) is 10.1. The van der Waals surface area contributed by atoms with Gasteiger partial charge in [0, 0.05) is 37.8 Å². The van der Waals surface area contributed by atoms with Crippen molar-refractivity contribution in [2.75, 3.05) is 24.3 Å². The summed E-state index contributed by atoms with van der Waals surface area (Å²) in [6.07, 6.45) is 2.31. The molecule has 29 heavy (non-hydrogen) atoms. The summed E-state index contributed by atoms with van der Waals surface area (Å²) in [6, 6.07) is 10.0. The smallest absolute Gasteiger partial charge is 0.411 e. The van der Waals surface area contributed by atoms with E-state index in [1.54, 1.807) is 0 Å². The van der Waals surface area contributed by atoms with Crippen LogP contribution < -0.4 is 10.2 Å². The molecule has 3 heterocycles. The van der Waals surface area contributed by atoms with Crippen LogP contribution in [0, 0.1) is 0 Å². The van der Waals surface area contributed by atoms with Crippen molar-refractivity contribution in [3.05, 3.63) is 41.6 Å². The lowest BCUT2D eigenvalue weighted by Gasteiger charge is -2.37. The molecular formula is C22H29N5O2. The summed E-state index contributed by atoms with van der Waals surface area (Å²) in [5.41, 5.74) is 2.48. The van der Waals surface area contributed by atoms with Gasteiger partial charge in [0.25, 0.3) is 0 Å². The lowest BCUT2D eigenvalue weighted by atomic mass is 9.98. The van der Waals surface area contributed by atoms with Gasteiger partial charge in [0.1, 0.15) is 11.4 Å². The molecule has 2 aliphatic rings.